The highest BCUT2D eigenvalue weighted by Gasteiger charge is 2.49. The van der Waals surface area contributed by atoms with Crippen molar-refractivity contribution < 1.29 is 13.5 Å². The number of hydrogen-bond donors (Lipinski definition) is 3. The van der Waals surface area contributed by atoms with E-state index in [0.29, 0.717) is 6.42 Å². The van der Waals surface area contributed by atoms with Crippen molar-refractivity contribution in [2.75, 3.05) is 0 Å². The molecule has 0 aromatic rings. The molecule has 0 aromatic heterocycles. The molecular weight excluding hydrogens is 216 g/mol. The Kier molecular flexibility index (Phi) is 2.57. The van der Waals surface area contributed by atoms with Gasteiger partial charge in [0.05, 0.1) is 6.10 Å². The molecule has 6 heteroatoms. The second-order valence-electron chi connectivity index (χ2n) is 5.14. The lowest BCUT2D eigenvalue weighted by Crippen LogP contribution is -2.62. The van der Waals surface area contributed by atoms with Crippen LogP contribution in [0.15, 0.2) is 0 Å². The van der Waals surface area contributed by atoms with Crippen molar-refractivity contribution in [1.29, 1.82) is 0 Å². The van der Waals surface area contributed by atoms with E-state index >= 15 is 0 Å². The summed E-state index contributed by atoms with van der Waals surface area (Å²) < 4.78 is 28.3. The highest BCUT2D eigenvalue weighted by Crippen LogP contribution is 2.40. The van der Waals surface area contributed by atoms with Gasteiger partial charge in [0.2, 0.25) is 0 Å². The second-order valence-corrected chi connectivity index (χ2v) is 6.62. The van der Waals surface area contributed by atoms with E-state index < -0.39 is 16.3 Å². The molecule has 2 aliphatic carbocycles. The molecule has 2 rings (SSSR count). The van der Waals surface area contributed by atoms with Crippen LogP contribution in [-0.4, -0.2) is 31.7 Å². The van der Waals surface area contributed by atoms with Crippen LogP contribution in [0.5, 0.6) is 0 Å². The van der Waals surface area contributed by atoms with Crippen LogP contribution in [0.4, 0.5) is 0 Å². The third kappa shape index (κ3) is 2.33. The van der Waals surface area contributed by atoms with E-state index in [0.717, 1.165) is 12.8 Å². The predicted octanol–water partition coefficient (Wildman–Crippen LogP) is -0.268. The molecule has 3 N–H and O–H groups in total. The molecular formula is C9H18N2O3S. The lowest BCUT2D eigenvalue weighted by molar-refractivity contribution is -0.0646. The summed E-state index contributed by atoms with van der Waals surface area (Å²) in [7, 11) is -3.38. The third-order valence-electron chi connectivity index (χ3n) is 3.41. The molecule has 0 heterocycles. The van der Waals surface area contributed by atoms with Gasteiger partial charge in [0.1, 0.15) is 0 Å². The Labute approximate surface area is 90.4 Å². The molecule has 2 unspecified atom stereocenters. The average molecular weight is 234 g/mol. The predicted molar refractivity (Wildman–Crippen MR) is 56.4 cm³/mol. The summed E-state index contributed by atoms with van der Waals surface area (Å²) in [4.78, 5) is 0. The van der Waals surface area contributed by atoms with Crippen molar-refractivity contribution in [1.82, 2.24) is 9.44 Å². The minimum atomic E-state index is -3.38. The van der Waals surface area contributed by atoms with Gasteiger partial charge in [0.25, 0.3) is 10.2 Å². The van der Waals surface area contributed by atoms with E-state index in [4.69, 9.17) is 0 Å². The first-order valence-electron chi connectivity index (χ1n) is 5.29. The molecule has 0 saturated heterocycles. The fraction of sp³-hybridized carbons (Fsp3) is 1.00. The summed E-state index contributed by atoms with van der Waals surface area (Å²) in [5, 5.41) is 9.48. The molecule has 0 spiro atoms. The smallest absolute Gasteiger partial charge is 0.277 e. The van der Waals surface area contributed by atoms with Gasteiger partial charge in [-0.05, 0) is 19.3 Å². The maximum Gasteiger partial charge on any atom is 0.277 e. The lowest BCUT2D eigenvalue weighted by Gasteiger charge is -2.49. The van der Waals surface area contributed by atoms with E-state index in [1.54, 1.807) is 0 Å². The Bertz CT molecular complexity index is 348. The number of aliphatic hydroxyl groups is 1. The van der Waals surface area contributed by atoms with Crippen molar-refractivity contribution in [2.24, 2.45) is 5.41 Å². The van der Waals surface area contributed by atoms with Gasteiger partial charge in [-0.3, -0.25) is 0 Å². The van der Waals surface area contributed by atoms with Gasteiger partial charge in [-0.2, -0.15) is 17.9 Å². The minimum Gasteiger partial charge on any atom is -0.392 e. The number of aliphatic hydroxyl groups excluding tert-OH is 1. The Morgan fingerprint density at radius 1 is 1.27 bits per heavy atom. The summed E-state index contributed by atoms with van der Waals surface area (Å²) in [6.45, 7) is 3.73. The number of hydrogen-bond acceptors (Lipinski definition) is 3. The molecule has 88 valence electrons. The Balaban J connectivity index is 1.91. The van der Waals surface area contributed by atoms with E-state index in [1.165, 1.54) is 0 Å². The number of rotatable bonds is 4. The lowest BCUT2D eigenvalue weighted by atomic mass is 9.65. The monoisotopic (exact) mass is 234 g/mol. The van der Waals surface area contributed by atoms with Crippen LogP contribution >= 0.6 is 0 Å². The largest absolute Gasteiger partial charge is 0.392 e. The van der Waals surface area contributed by atoms with Crippen LogP contribution in [0.3, 0.4) is 0 Å². The van der Waals surface area contributed by atoms with E-state index in [2.05, 4.69) is 9.44 Å². The average Bonchev–Trinajstić information content (AvgIpc) is 2.86. The molecule has 0 radical (unpaired) electrons. The van der Waals surface area contributed by atoms with Gasteiger partial charge in [-0.15, -0.1) is 0 Å². The van der Waals surface area contributed by atoms with Gasteiger partial charge in [0, 0.05) is 17.5 Å². The van der Waals surface area contributed by atoms with E-state index in [1.807, 2.05) is 13.8 Å². The van der Waals surface area contributed by atoms with Crippen molar-refractivity contribution >= 4 is 10.2 Å². The molecule has 2 saturated carbocycles. The maximum absolute atomic E-state index is 11.6. The van der Waals surface area contributed by atoms with Crippen LogP contribution < -0.4 is 9.44 Å². The van der Waals surface area contributed by atoms with Gasteiger partial charge in [0.15, 0.2) is 0 Å². The van der Waals surface area contributed by atoms with Crippen LogP contribution in [-0.2, 0) is 10.2 Å². The van der Waals surface area contributed by atoms with Crippen LogP contribution in [0.25, 0.3) is 0 Å². The summed E-state index contributed by atoms with van der Waals surface area (Å²) >= 11 is 0. The molecule has 2 atom stereocenters. The van der Waals surface area contributed by atoms with Crippen LogP contribution in [0.2, 0.25) is 0 Å². The number of nitrogens with one attached hydrogen (secondary N) is 2. The fourth-order valence-electron chi connectivity index (χ4n) is 1.74. The first-order chi connectivity index (χ1) is 6.81. The quantitative estimate of drug-likeness (QED) is 0.626. The zero-order valence-corrected chi connectivity index (χ0v) is 9.84. The summed E-state index contributed by atoms with van der Waals surface area (Å²) in [6.07, 6.45) is 1.94. The second kappa shape index (κ2) is 3.41. The summed E-state index contributed by atoms with van der Waals surface area (Å²) in [5.74, 6) is 0. The highest BCUT2D eigenvalue weighted by atomic mass is 32.2. The molecule has 0 bridgehead atoms. The Morgan fingerprint density at radius 2 is 1.87 bits per heavy atom. The zero-order chi connectivity index (χ0) is 11.3. The topological polar surface area (TPSA) is 78.4 Å². The van der Waals surface area contributed by atoms with Crippen LogP contribution in [0, 0.1) is 5.41 Å². The first-order valence-corrected chi connectivity index (χ1v) is 6.77. The van der Waals surface area contributed by atoms with E-state index in [-0.39, 0.29) is 17.5 Å². The summed E-state index contributed by atoms with van der Waals surface area (Å²) in [6, 6.07) is -0.0423. The van der Waals surface area contributed by atoms with Gasteiger partial charge >= 0.3 is 0 Å². The van der Waals surface area contributed by atoms with Crippen molar-refractivity contribution in [2.45, 2.75) is 51.3 Å². The normalized spacial score (nSPS) is 34.9. The highest BCUT2D eigenvalue weighted by molar-refractivity contribution is 7.87. The molecule has 2 aliphatic rings. The van der Waals surface area contributed by atoms with Crippen molar-refractivity contribution in [3.63, 3.8) is 0 Å². The van der Waals surface area contributed by atoms with Crippen molar-refractivity contribution in [3.05, 3.63) is 0 Å². The zero-order valence-electron chi connectivity index (χ0n) is 9.03. The molecule has 0 amide bonds. The standard InChI is InChI=1S/C9H18N2O3S/c1-9(2)7(5-8(9)12)11-15(13,14)10-6-3-4-6/h6-8,10-12H,3-5H2,1-2H3. The molecule has 5 nitrogen and oxygen atoms in total. The van der Waals surface area contributed by atoms with Gasteiger partial charge in [-0.25, -0.2) is 0 Å². The van der Waals surface area contributed by atoms with E-state index in [9.17, 15) is 13.5 Å². The molecule has 2 fully saturated rings. The SMILES string of the molecule is CC1(C)C(O)CC1NS(=O)(=O)NC1CC1. The summed E-state index contributed by atoms with van der Waals surface area (Å²) in [5.41, 5.74) is -0.363. The molecule has 0 aromatic carbocycles. The molecule has 0 aliphatic heterocycles. The minimum absolute atomic E-state index is 0.121. The molecule has 15 heavy (non-hydrogen) atoms. The first kappa shape index (κ1) is 11.3. The van der Waals surface area contributed by atoms with Crippen LogP contribution in [0.1, 0.15) is 33.1 Å². The van der Waals surface area contributed by atoms with Crippen molar-refractivity contribution in [3.8, 4) is 0 Å². The fourth-order valence-corrected chi connectivity index (χ4v) is 3.26. The third-order valence-corrected chi connectivity index (χ3v) is 4.65. The van der Waals surface area contributed by atoms with Gasteiger partial charge < -0.3 is 5.11 Å². The Hall–Kier alpha value is -0.170. The maximum atomic E-state index is 11.6. The van der Waals surface area contributed by atoms with Gasteiger partial charge in [-0.1, -0.05) is 13.8 Å². The Morgan fingerprint density at radius 3 is 2.27 bits per heavy atom.